The summed E-state index contributed by atoms with van der Waals surface area (Å²) in [6, 6.07) is 21.5. The molecule has 0 aromatic heterocycles. The van der Waals surface area contributed by atoms with Gasteiger partial charge in [0, 0.05) is 30.2 Å². The van der Waals surface area contributed by atoms with Crippen LogP contribution in [0.4, 0.5) is 11.4 Å². The van der Waals surface area contributed by atoms with E-state index in [1.807, 2.05) is 38.1 Å². The normalized spacial score (nSPS) is 12.8. The van der Waals surface area contributed by atoms with Gasteiger partial charge in [-0.05, 0) is 59.8 Å². The number of para-hydroxylation sites is 3. The Morgan fingerprint density at radius 2 is 0.977 bits per heavy atom. The molecule has 0 spiro atoms. The molecule has 1 aliphatic heterocycles. The van der Waals surface area contributed by atoms with Gasteiger partial charge in [-0.25, -0.2) is 0 Å². The van der Waals surface area contributed by atoms with Crippen molar-refractivity contribution in [1.29, 1.82) is 0 Å². The molecule has 0 saturated carbocycles. The van der Waals surface area contributed by atoms with E-state index in [1.54, 1.807) is 0 Å². The second-order valence-corrected chi connectivity index (χ2v) is 15.2. The average molecular weight is 728 g/mol. The molecule has 1 heterocycles. The summed E-state index contributed by atoms with van der Waals surface area (Å²) in [6.07, 6.45) is 0.220. The van der Waals surface area contributed by atoms with E-state index in [0.29, 0.717) is 23.7 Å². The van der Waals surface area contributed by atoms with Crippen LogP contribution >= 0.6 is 19.4 Å². The minimum atomic E-state index is -0.346. The van der Waals surface area contributed by atoms with Crippen LogP contribution in [-0.2, 0) is 15.1 Å². The third-order valence-corrected chi connectivity index (χ3v) is 7.46. The standard InChI is InChI=1S/C27H39N2.C10H13O.CH3.2ClH.Ru/c1-18(2)22-11-9-12-23(19(3)4)26(22)28-15-16-29(17-28)27-24(20(5)6)13-10-14-25(27)21(7)8;1-8(2)11-10-7-5-4-6-9(10)3;;;;/h9-14,17-21H,15-16H2,1-8H3;4-8H,3H2,1-2H3;1H3;2*1H;/q3*-1;;;+2/p-2. The number of ether oxygens (including phenoxy) is 1. The molecule has 3 nitrogen and oxygen atoms in total. The number of hydrogen-bond acceptors (Lipinski definition) is 3. The van der Waals surface area contributed by atoms with Crippen LogP contribution in [0.5, 0.6) is 5.75 Å². The van der Waals surface area contributed by atoms with Crippen molar-refractivity contribution < 1.29 is 19.9 Å². The maximum atomic E-state index is 5.48. The van der Waals surface area contributed by atoms with Crippen LogP contribution in [0, 0.1) is 21.0 Å². The van der Waals surface area contributed by atoms with Gasteiger partial charge in [0.05, 0.1) is 6.10 Å². The molecule has 3 aromatic rings. The van der Waals surface area contributed by atoms with Crippen molar-refractivity contribution in [1.82, 2.24) is 0 Å². The van der Waals surface area contributed by atoms with Crippen LogP contribution in [0.25, 0.3) is 0 Å². The SMILES string of the molecule is CC(C)c1cccc(C(C)C)c1N1[CH-]N(c2c(C(C)C)cccc2C(C)C)CC1.[CH2-]c1ccccc1OC(C)C.[CH3-].[Cl][Ru][Cl]. The van der Waals surface area contributed by atoms with Gasteiger partial charge >= 0.3 is 34.5 Å². The van der Waals surface area contributed by atoms with Crippen LogP contribution in [0.1, 0.15) is 121 Å². The van der Waals surface area contributed by atoms with Crippen molar-refractivity contribution in [2.75, 3.05) is 22.9 Å². The summed E-state index contributed by atoms with van der Waals surface area (Å²) in [5.41, 5.74) is 9.61. The van der Waals surface area contributed by atoms with Gasteiger partial charge in [-0.1, -0.05) is 104 Å². The number of rotatable bonds is 8. The van der Waals surface area contributed by atoms with E-state index >= 15 is 0 Å². The molecule has 0 aliphatic carbocycles. The zero-order valence-electron chi connectivity index (χ0n) is 28.8. The van der Waals surface area contributed by atoms with Crippen LogP contribution < -0.4 is 14.5 Å². The van der Waals surface area contributed by atoms with Gasteiger partial charge in [0.25, 0.3) is 0 Å². The molecule has 0 N–H and O–H groups in total. The molecule has 0 radical (unpaired) electrons. The maximum absolute atomic E-state index is 5.48. The summed E-state index contributed by atoms with van der Waals surface area (Å²) in [5.74, 6) is 2.93. The predicted octanol–water partition coefficient (Wildman–Crippen LogP) is 12.1. The Labute approximate surface area is 286 Å². The fourth-order valence-corrected chi connectivity index (χ4v) is 5.40. The first kappa shape index (κ1) is 40.2. The first-order valence-corrected chi connectivity index (χ1v) is 19.9. The van der Waals surface area contributed by atoms with Crippen molar-refractivity contribution in [3.63, 3.8) is 0 Å². The van der Waals surface area contributed by atoms with Gasteiger partial charge < -0.3 is 22.0 Å². The molecule has 0 atom stereocenters. The van der Waals surface area contributed by atoms with Gasteiger partial charge in [-0.2, -0.15) is 25.2 Å². The van der Waals surface area contributed by atoms with Gasteiger partial charge in [-0.15, -0.1) is 6.07 Å². The van der Waals surface area contributed by atoms with Crippen molar-refractivity contribution >= 4 is 30.8 Å². The Morgan fingerprint density at radius 3 is 1.27 bits per heavy atom. The van der Waals surface area contributed by atoms with Crippen LogP contribution in [-0.4, -0.2) is 19.2 Å². The minimum absolute atomic E-state index is 0. The van der Waals surface area contributed by atoms with E-state index in [9.17, 15) is 0 Å². The van der Waals surface area contributed by atoms with Gasteiger partial charge in [-0.3, -0.25) is 0 Å². The number of benzene rings is 3. The van der Waals surface area contributed by atoms with Crippen molar-refractivity contribution in [2.45, 2.75) is 99.0 Å². The second-order valence-electron chi connectivity index (χ2n) is 12.5. The van der Waals surface area contributed by atoms with Gasteiger partial charge in [0.2, 0.25) is 0 Å². The monoisotopic (exact) mass is 727 g/mol. The Balaban J connectivity index is 0.000000539. The zero-order chi connectivity index (χ0) is 32.3. The average Bonchev–Trinajstić information content (AvgIpc) is 3.43. The number of anilines is 2. The summed E-state index contributed by atoms with van der Waals surface area (Å²) < 4.78 is 5.48. The number of halogens is 2. The Kier molecular flexibility index (Phi) is 17.9. The number of hydrogen-bond donors (Lipinski definition) is 0. The number of nitrogens with zero attached hydrogens (tertiary/aromatic N) is 2. The van der Waals surface area contributed by atoms with E-state index in [2.05, 4.69) is 115 Å². The van der Waals surface area contributed by atoms with E-state index in [0.717, 1.165) is 24.4 Å². The molecular weight excluding hydrogens is 672 g/mol. The van der Waals surface area contributed by atoms with Crippen molar-refractivity contribution in [2.24, 2.45) is 0 Å². The first-order chi connectivity index (χ1) is 20.3. The third kappa shape index (κ3) is 11.2. The van der Waals surface area contributed by atoms with E-state index in [4.69, 9.17) is 24.1 Å². The van der Waals surface area contributed by atoms with Crippen LogP contribution in [0.15, 0.2) is 60.7 Å². The van der Waals surface area contributed by atoms with E-state index in [1.165, 1.54) is 33.6 Å². The molecule has 0 amide bonds. The molecule has 0 unspecified atom stereocenters. The van der Waals surface area contributed by atoms with Crippen molar-refractivity contribution in [3.8, 4) is 5.75 Å². The predicted molar refractivity (Wildman–Crippen MR) is 193 cm³/mol. The topological polar surface area (TPSA) is 15.7 Å². The summed E-state index contributed by atoms with van der Waals surface area (Å²) >= 11 is -0.346. The molecule has 1 saturated heterocycles. The molecular formula is C38H55Cl2N2ORu-3. The van der Waals surface area contributed by atoms with Crippen LogP contribution in [0.3, 0.4) is 0 Å². The summed E-state index contributed by atoms with van der Waals surface area (Å²) in [7, 11) is 9.71. The summed E-state index contributed by atoms with van der Waals surface area (Å²) in [5, 5.41) is 0. The van der Waals surface area contributed by atoms with Crippen LogP contribution in [0.2, 0.25) is 0 Å². The van der Waals surface area contributed by atoms with E-state index in [-0.39, 0.29) is 28.7 Å². The molecule has 1 aliphatic rings. The van der Waals surface area contributed by atoms with Crippen molar-refractivity contribution in [3.05, 3.63) is 110 Å². The Hall–Kier alpha value is -1.87. The quantitative estimate of drug-likeness (QED) is 0.170. The molecule has 3 aromatic carbocycles. The second kappa shape index (κ2) is 19.6. The molecule has 4 rings (SSSR count). The van der Waals surface area contributed by atoms with Gasteiger partial charge in [0.15, 0.2) is 0 Å². The fourth-order valence-electron chi connectivity index (χ4n) is 5.40. The fraction of sp³-hybridized carbons (Fsp3) is 0.447. The molecule has 6 heteroatoms. The molecule has 1 fully saturated rings. The summed E-state index contributed by atoms with van der Waals surface area (Å²) in [6.45, 7) is 30.8. The molecule has 0 bridgehead atoms. The summed E-state index contributed by atoms with van der Waals surface area (Å²) in [4.78, 5) is 5.01. The third-order valence-electron chi connectivity index (χ3n) is 7.46. The van der Waals surface area contributed by atoms with E-state index < -0.39 is 0 Å². The first-order valence-electron chi connectivity index (χ1n) is 15.4. The Morgan fingerprint density at radius 1 is 0.636 bits per heavy atom. The Bertz CT molecular complexity index is 1140. The zero-order valence-corrected chi connectivity index (χ0v) is 32.0. The molecule has 44 heavy (non-hydrogen) atoms. The van der Waals surface area contributed by atoms with Gasteiger partial charge in [0.1, 0.15) is 0 Å². The molecule has 248 valence electrons.